The zero-order valence-corrected chi connectivity index (χ0v) is 17.3. The molecule has 25 heavy (non-hydrogen) atoms. The van der Waals surface area contributed by atoms with Crippen LogP contribution < -0.4 is 4.90 Å². The summed E-state index contributed by atoms with van der Waals surface area (Å²) in [6.07, 6.45) is 1.63. The van der Waals surface area contributed by atoms with E-state index in [1.807, 2.05) is 0 Å². The number of hydrogen-bond donors (Lipinski definition) is 1. The summed E-state index contributed by atoms with van der Waals surface area (Å²) in [7, 11) is 6.21. The number of anilines is 1. The van der Waals surface area contributed by atoms with Gasteiger partial charge in [0.25, 0.3) is 0 Å². The Hall–Kier alpha value is -1.41. The summed E-state index contributed by atoms with van der Waals surface area (Å²) in [6.45, 7) is 4.81. The fraction of sp³-hybridized carbons (Fsp3) is 0.438. The third-order valence-electron chi connectivity index (χ3n) is 4.07. The quantitative estimate of drug-likeness (QED) is 0.661. The normalized spacial score (nSPS) is 10.8. The molecule has 2 aromatic heterocycles. The second-order valence-corrected chi connectivity index (χ2v) is 6.37. The number of aromatic amines is 1. The molecule has 0 spiro atoms. The Kier molecular flexibility index (Phi) is 7.62. The van der Waals surface area contributed by atoms with E-state index in [1.54, 1.807) is 6.33 Å². The Bertz CT molecular complexity index is 905. The molecule has 0 aliphatic rings. The molecule has 138 valence electrons. The van der Waals surface area contributed by atoms with Gasteiger partial charge in [-0.1, -0.05) is 0 Å². The van der Waals surface area contributed by atoms with Crippen molar-refractivity contribution in [1.82, 2.24) is 24.4 Å². The maximum absolute atomic E-state index is 5.40. The summed E-state index contributed by atoms with van der Waals surface area (Å²) < 4.78 is 2.83. The smallest absolute Gasteiger partial charge is 0.178 e. The van der Waals surface area contributed by atoms with Crippen LogP contribution in [0.2, 0.25) is 0 Å². The number of halogens is 2. The molecule has 6 nitrogen and oxygen atoms in total. The average Bonchev–Trinajstić information content (AvgIpc) is 2.83. The molecule has 0 atom stereocenters. The topological polar surface area (TPSA) is 53.0 Å². The highest BCUT2D eigenvalue weighted by atomic mass is 35.5. The monoisotopic (exact) mass is 402 g/mol. The molecule has 0 radical (unpaired) electrons. The summed E-state index contributed by atoms with van der Waals surface area (Å²) in [5.41, 5.74) is 3.06. The Morgan fingerprint density at radius 2 is 1.84 bits per heavy atom. The lowest BCUT2D eigenvalue weighted by atomic mass is 10.2. The molecule has 0 saturated heterocycles. The van der Waals surface area contributed by atoms with Crippen LogP contribution in [0.3, 0.4) is 0 Å². The standard InChI is InChI=1S/C16H22N6S.2ClH/c1-5-22-14-9-12-11(8-13(14)19-16(22)23)15(18-10-17-12)21(4)7-6-20(2)3;;/h8-10H,5-7H2,1-4H3,(H,19,23);2*1H. The first-order valence-electron chi connectivity index (χ1n) is 7.74. The van der Waals surface area contributed by atoms with Crippen LogP contribution in [-0.2, 0) is 6.54 Å². The van der Waals surface area contributed by atoms with Crippen molar-refractivity contribution in [2.24, 2.45) is 0 Å². The highest BCUT2D eigenvalue weighted by Crippen LogP contribution is 2.27. The predicted octanol–water partition coefficient (Wildman–Crippen LogP) is 3.50. The lowest BCUT2D eigenvalue weighted by molar-refractivity contribution is 0.416. The van der Waals surface area contributed by atoms with E-state index in [9.17, 15) is 0 Å². The molecule has 1 N–H and O–H groups in total. The molecule has 3 rings (SSSR count). The molecule has 0 saturated carbocycles. The first-order valence-corrected chi connectivity index (χ1v) is 8.15. The van der Waals surface area contributed by atoms with Gasteiger partial charge in [0, 0.05) is 32.1 Å². The van der Waals surface area contributed by atoms with E-state index in [0.29, 0.717) is 0 Å². The minimum atomic E-state index is 0. The largest absolute Gasteiger partial charge is 0.358 e. The Morgan fingerprint density at radius 1 is 1.12 bits per heavy atom. The molecule has 0 amide bonds. The van der Waals surface area contributed by atoms with Crippen LogP contribution in [0.1, 0.15) is 6.92 Å². The molecule has 0 bridgehead atoms. The number of rotatable bonds is 5. The minimum absolute atomic E-state index is 0. The summed E-state index contributed by atoms with van der Waals surface area (Å²) in [4.78, 5) is 16.5. The summed E-state index contributed by atoms with van der Waals surface area (Å²) in [6, 6.07) is 4.19. The third kappa shape index (κ3) is 4.23. The molecule has 0 unspecified atom stereocenters. The summed E-state index contributed by atoms with van der Waals surface area (Å²) in [5, 5.41) is 1.04. The zero-order chi connectivity index (χ0) is 16.6. The van der Waals surface area contributed by atoms with Crippen molar-refractivity contribution >= 4 is 64.8 Å². The van der Waals surface area contributed by atoms with Gasteiger partial charge in [-0.25, -0.2) is 9.97 Å². The van der Waals surface area contributed by atoms with E-state index in [2.05, 4.69) is 69.5 Å². The summed E-state index contributed by atoms with van der Waals surface area (Å²) in [5.74, 6) is 0.947. The highest BCUT2D eigenvalue weighted by Gasteiger charge is 2.12. The third-order valence-corrected chi connectivity index (χ3v) is 4.39. The van der Waals surface area contributed by atoms with Crippen LogP contribution in [0.4, 0.5) is 5.82 Å². The fourth-order valence-electron chi connectivity index (χ4n) is 2.77. The van der Waals surface area contributed by atoms with Gasteiger partial charge in [-0.05, 0) is 45.4 Å². The van der Waals surface area contributed by atoms with Crippen molar-refractivity contribution in [2.75, 3.05) is 39.1 Å². The lowest BCUT2D eigenvalue weighted by Gasteiger charge is -2.21. The molecule has 0 aliphatic heterocycles. The molecule has 0 fully saturated rings. The van der Waals surface area contributed by atoms with Crippen molar-refractivity contribution in [3.63, 3.8) is 0 Å². The summed E-state index contributed by atoms with van der Waals surface area (Å²) >= 11 is 5.40. The minimum Gasteiger partial charge on any atom is -0.358 e. The first kappa shape index (κ1) is 21.6. The lowest BCUT2D eigenvalue weighted by Crippen LogP contribution is -2.29. The van der Waals surface area contributed by atoms with Gasteiger partial charge in [0.15, 0.2) is 4.77 Å². The van der Waals surface area contributed by atoms with Gasteiger partial charge in [0.2, 0.25) is 0 Å². The molecule has 9 heteroatoms. The average molecular weight is 403 g/mol. The van der Waals surface area contributed by atoms with Crippen molar-refractivity contribution in [3.8, 4) is 0 Å². The Labute approximate surface area is 165 Å². The molecular formula is C16H24Cl2N6S. The van der Waals surface area contributed by atoms with E-state index in [4.69, 9.17) is 12.2 Å². The maximum atomic E-state index is 5.40. The van der Waals surface area contributed by atoms with Crippen LogP contribution >= 0.6 is 37.0 Å². The van der Waals surface area contributed by atoms with Gasteiger partial charge in [-0.15, -0.1) is 24.8 Å². The van der Waals surface area contributed by atoms with Crippen LogP contribution in [0, 0.1) is 4.77 Å². The number of likely N-dealkylation sites (N-methyl/N-ethyl adjacent to an activating group) is 2. The van der Waals surface area contributed by atoms with E-state index < -0.39 is 0 Å². The van der Waals surface area contributed by atoms with E-state index >= 15 is 0 Å². The molecule has 2 heterocycles. The van der Waals surface area contributed by atoms with Crippen LogP contribution in [0.15, 0.2) is 18.5 Å². The fourth-order valence-corrected chi connectivity index (χ4v) is 3.11. The SMILES string of the molecule is CCn1c(=S)[nH]c2cc3c(N(C)CCN(C)C)ncnc3cc21.Cl.Cl. The van der Waals surface area contributed by atoms with Gasteiger partial charge < -0.3 is 19.4 Å². The van der Waals surface area contributed by atoms with Crippen LogP contribution in [0.5, 0.6) is 0 Å². The van der Waals surface area contributed by atoms with Gasteiger partial charge in [-0.2, -0.15) is 0 Å². The van der Waals surface area contributed by atoms with E-state index in [0.717, 1.165) is 52.2 Å². The second-order valence-electron chi connectivity index (χ2n) is 5.98. The van der Waals surface area contributed by atoms with Crippen LogP contribution in [0.25, 0.3) is 21.9 Å². The van der Waals surface area contributed by atoms with Crippen molar-refractivity contribution in [1.29, 1.82) is 0 Å². The van der Waals surface area contributed by atoms with Gasteiger partial charge in [0.05, 0.1) is 16.6 Å². The number of nitrogens with one attached hydrogen (secondary N) is 1. The number of nitrogens with zero attached hydrogens (tertiary/aromatic N) is 5. The molecular weight excluding hydrogens is 379 g/mol. The van der Waals surface area contributed by atoms with E-state index in [1.165, 1.54) is 0 Å². The number of hydrogen-bond acceptors (Lipinski definition) is 5. The number of aryl methyl sites for hydroxylation is 1. The Morgan fingerprint density at radius 3 is 2.48 bits per heavy atom. The van der Waals surface area contributed by atoms with Gasteiger partial charge in [0.1, 0.15) is 12.1 Å². The van der Waals surface area contributed by atoms with Gasteiger partial charge >= 0.3 is 0 Å². The molecule has 0 aliphatic carbocycles. The van der Waals surface area contributed by atoms with Crippen molar-refractivity contribution in [3.05, 3.63) is 23.2 Å². The second kappa shape index (κ2) is 8.80. The first-order chi connectivity index (χ1) is 11.0. The number of benzene rings is 1. The van der Waals surface area contributed by atoms with Crippen molar-refractivity contribution < 1.29 is 0 Å². The van der Waals surface area contributed by atoms with E-state index in [-0.39, 0.29) is 24.8 Å². The van der Waals surface area contributed by atoms with Gasteiger partial charge in [-0.3, -0.25) is 0 Å². The maximum Gasteiger partial charge on any atom is 0.178 e. The van der Waals surface area contributed by atoms with Crippen molar-refractivity contribution in [2.45, 2.75) is 13.5 Å². The van der Waals surface area contributed by atoms with Crippen LogP contribution in [-0.4, -0.2) is 58.7 Å². The highest BCUT2D eigenvalue weighted by molar-refractivity contribution is 7.71. The Balaban J connectivity index is 0.00000156. The number of fused-ring (bicyclic) bond motifs is 2. The number of H-pyrrole nitrogens is 1. The molecule has 3 aromatic rings. The number of imidazole rings is 1. The molecule has 1 aromatic carbocycles. The number of aromatic nitrogens is 4. The predicted molar refractivity (Wildman–Crippen MR) is 112 cm³/mol. The zero-order valence-electron chi connectivity index (χ0n) is 14.8.